The lowest BCUT2D eigenvalue weighted by molar-refractivity contribution is -0.136. The Balaban J connectivity index is 2.07. The zero-order valence-electron chi connectivity index (χ0n) is 9.44. The summed E-state index contributed by atoms with van der Waals surface area (Å²) in [5, 5.41) is 17.3. The van der Waals surface area contributed by atoms with Crippen LogP contribution >= 0.6 is 0 Å². The summed E-state index contributed by atoms with van der Waals surface area (Å²) >= 11 is 0. The maximum Gasteiger partial charge on any atom is 0.307 e. The summed E-state index contributed by atoms with van der Waals surface area (Å²) in [5.41, 5.74) is 2.78. The number of hydrogen-bond donors (Lipinski definition) is 2. The highest BCUT2D eigenvalue weighted by atomic mass is 16.4. The molecule has 0 spiro atoms. The van der Waals surface area contributed by atoms with E-state index in [9.17, 15) is 4.79 Å². The molecule has 1 aliphatic rings. The van der Waals surface area contributed by atoms with Crippen LogP contribution in [0.1, 0.15) is 36.4 Å². The molecule has 17 heavy (non-hydrogen) atoms. The van der Waals surface area contributed by atoms with Crippen molar-refractivity contribution in [2.24, 2.45) is 0 Å². The van der Waals surface area contributed by atoms with E-state index in [2.05, 4.69) is 10.2 Å². The molecule has 0 aliphatic heterocycles. The van der Waals surface area contributed by atoms with E-state index < -0.39 is 5.97 Å². The SMILES string of the molecule is O=C(O)Cc1cccc2c(C3CCC3)[nH]nc12. The van der Waals surface area contributed by atoms with Gasteiger partial charge in [-0.1, -0.05) is 24.6 Å². The number of aliphatic carboxylic acids is 1. The van der Waals surface area contributed by atoms with Crippen LogP contribution in [0.15, 0.2) is 18.2 Å². The minimum Gasteiger partial charge on any atom is -0.481 e. The van der Waals surface area contributed by atoms with Crippen molar-refractivity contribution in [3.63, 3.8) is 0 Å². The van der Waals surface area contributed by atoms with E-state index in [0.717, 1.165) is 16.5 Å². The van der Waals surface area contributed by atoms with Gasteiger partial charge in [-0.2, -0.15) is 5.10 Å². The van der Waals surface area contributed by atoms with Crippen LogP contribution in [-0.4, -0.2) is 21.3 Å². The Morgan fingerprint density at radius 1 is 1.47 bits per heavy atom. The second-order valence-electron chi connectivity index (χ2n) is 4.65. The maximum absolute atomic E-state index is 10.8. The van der Waals surface area contributed by atoms with E-state index >= 15 is 0 Å². The first kappa shape index (κ1) is 10.3. The topological polar surface area (TPSA) is 66.0 Å². The monoisotopic (exact) mass is 230 g/mol. The number of nitrogens with zero attached hydrogens (tertiary/aromatic N) is 1. The van der Waals surface area contributed by atoms with Gasteiger partial charge in [0.1, 0.15) is 0 Å². The first-order valence-electron chi connectivity index (χ1n) is 5.93. The number of rotatable bonds is 3. The number of hydrogen-bond acceptors (Lipinski definition) is 2. The molecular formula is C13H14N2O2. The molecule has 0 unspecified atom stereocenters. The van der Waals surface area contributed by atoms with Crippen molar-refractivity contribution in [2.45, 2.75) is 31.6 Å². The van der Waals surface area contributed by atoms with Gasteiger partial charge >= 0.3 is 5.97 Å². The maximum atomic E-state index is 10.8. The summed E-state index contributed by atoms with van der Waals surface area (Å²) in [7, 11) is 0. The molecule has 3 rings (SSSR count). The molecule has 1 aromatic carbocycles. The largest absolute Gasteiger partial charge is 0.481 e. The van der Waals surface area contributed by atoms with Crippen LogP contribution in [0, 0.1) is 0 Å². The van der Waals surface area contributed by atoms with E-state index in [1.165, 1.54) is 25.0 Å². The zero-order chi connectivity index (χ0) is 11.8. The molecule has 1 heterocycles. The second kappa shape index (κ2) is 3.87. The number of nitrogens with one attached hydrogen (secondary N) is 1. The molecule has 1 fully saturated rings. The van der Waals surface area contributed by atoms with Crippen molar-refractivity contribution in [3.05, 3.63) is 29.5 Å². The fraction of sp³-hybridized carbons (Fsp3) is 0.385. The Morgan fingerprint density at radius 3 is 2.94 bits per heavy atom. The van der Waals surface area contributed by atoms with Gasteiger partial charge in [-0.15, -0.1) is 0 Å². The van der Waals surface area contributed by atoms with E-state index in [1.807, 2.05) is 18.2 Å². The third kappa shape index (κ3) is 1.69. The van der Waals surface area contributed by atoms with Crippen molar-refractivity contribution >= 4 is 16.9 Å². The lowest BCUT2D eigenvalue weighted by atomic mass is 9.82. The Labute approximate surface area is 98.6 Å². The molecule has 0 bridgehead atoms. The molecule has 0 amide bonds. The molecule has 0 radical (unpaired) electrons. The molecule has 2 aromatic rings. The third-order valence-electron chi connectivity index (χ3n) is 3.55. The van der Waals surface area contributed by atoms with Crippen LogP contribution in [0.4, 0.5) is 0 Å². The van der Waals surface area contributed by atoms with Gasteiger partial charge in [-0.25, -0.2) is 0 Å². The average Bonchev–Trinajstić information content (AvgIpc) is 2.60. The Morgan fingerprint density at radius 2 is 2.29 bits per heavy atom. The molecule has 4 nitrogen and oxygen atoms in total. The third-order valence-corrected chi connectivity index (χ3v) is 3.55. The number of aromatic nitrogens is 2. The Hall–Kier alpha value is -1.84. The fourth-order valence-electron chi connectivity index (χ4n) is 2.43. The normalized spacial score (nSPS) is 16.0. The minimum atomic E-state index is -0.814. The Kier molecular flexibility index (Phi) is 2.35. The van der Waals surface area contributed by atoms with Crippen molar-refractivity contribution in [3.8, 4) is 0 Å². The predicted molar refractivity (Wildman–Crippen MR) is 64.0 cm³/mol. The molecule has 1 aliphatic carbocycles. The number of para-hydroxylation sites is 1. The predicted octanol–water partition coefficient (Wildman–Crippen LogP) is 2.46. The van der Waals surface area contributed by atoms with Crippen LogP contribution < -0.4 is 0 Å². The zero-order valence-corrected chi connectivity index (χ0v) is 9.44. The second-order valence-corrected chi connectivity index (χ2v) is 4.65. The first-order chi connectivity index (χ1) is 8.25. The van der Waals surface area contributed by atoms with E-state index in [0.29, 0.717) is 5.92 Å². The minimum absolute atomic E-state index is 0.0340. The number of fused-ring (bicyclic) bond motifs is 1. The van der Waals surface area contributed by atoms with Crippen LogP contribution in [0.2, 0.25) is 0 Å². The van der Waals surface area contributed by atoms with Gasteiger partial charge in [-0.3, -0.25) is 9.89 Å². The fourth-order valence-corrected chi connectivity index (χ4v) is 2.43. The van der Waals surface area contributed by atoms with Gasteiger partial charge < -0.3 is 5.11 Å². The first-order valence-corrected chi connectivity index (χ1v) is 5.93. The lowest BCUT2D eigenvalue weighted by Crippen LogP contribution is -2.09. The molecular weight excluding hydrogens is 216 g/mol. The van der Waals surface area contributed by atoms with Crippen LogP contribution in [0.3, 0.4) is 0 Å². The molecule has 0 atom stereocenters. The van der Waals surface area contributed by atoms with Gasteiger partial charge in [0.2, 0.25) is 0 Å². The molecule has 0 saturated heterocycles. The van der Waals surface area contributed by atoms with Gasteiger partial charge in [0.25, 0.3) is 0 Å². The van der Waals surface area contributed by atoms with Crippen LogP contribution in [-0.2, 0) is 11.2 Å². The number of benzene rings is 1. The summed E-state index contributed by atoms with van der Waals surface area (Å²) < 4.78 is 0. The van der Waals surface area contributed by atoms with Crippen LogP contribution in [0.25, 0.3) is 10.9 Å². The van der Waals surface area contributed by atoms with Crippen LogP contribution in [0.5, 0.6) is 0 Å². The summed E-state index contributed by atoms with van der Waals surface area (Å²) in [6.45, 7) is 0. The van der Waals surface area contributed by atoms with E-state index in [1.54, 1.807) is 0 Å². The molecule has 1 aromatic heterocycles. The van der Waals surface area contributed by atoms with Gasteiger partial charge in [0.05, 0.1) is 11.9 Å². The van der Waals surface area contributed by atoms with Crippen molar-refractivity contribution in [1.29, 1.82) is 0 Å². The van der Waals surface area contributed by atoms with Crippen molar-refractivity contribution in [2.75, 3.05) is 0 Å². The van der Waals surface area contributed by atoms with Crippen molar-refractivity contribution in [1.82, 2.24) is 10.2 Å². The number of carbonyl (C=O) groups is 1. The average molecular weight is 230 g/mol. The number of H-pyrrole nitrogens is 1. The summed E-state index contributed by atoms with van der Waals surface area (Å²) in [6.07, 6.45) is 3.73. The van der Waals surface area contributed by atoms with Crippen molar-refractivity contribution < 1.29 is 9.90 Å². The van der Waals surface area contributed by atoms with E-state index in [-0.39, 0.29) is 6.42 Å². The van der Waals surface area contributed by atoms with Gasteiger partial charge in [-0.05, 0) is 18.4 Å². The van der Waals surface area contributed by atoms with E-state index in [4.69, 9.17) is 5.11 Å². The summed E-state index contributed by atoms with van der Waals surface area (Å²) in [6, 6.07) is 5.78. The summed E-state index contributed by atoms with van der Waals surface area (Å²) in [4.78, 5) is 10.8. The summed E-state index contributed by atoms with van der Waals surface area (Å²) in [5.74, 6) is -0.231. The molecule has 2 N–H and O–H groups in total. The highest BCUT2D eigenvalue weighted by molar-refractivity contribution is 5.87. The Bertz CT molecular complexity index is 570. The smallest absolute Gasteiger partial charge is 0.307 e. The molecule has 88 valence electrons. The van der Waals surface area contributed by atoms with Gasteiger partial charge in [0, 0.05) is 17.0 Å². The molecule has 1 saturated carbocycles. The van der Waals surface area contributed by atoms with Gasteiger partial charge in [0.15, 0.2) is 0 Å². The highest BCUT2D eigenvalue weighted by Crippen LogP contribution is 2.38. The highest BCUT2D eigenvalue weighted by Gasteiger charge is 2.24. The number of aromatic amines is 1. The number of carboxylic acids is 1. The number of carboxylic acid groups (broad SMARTS) is 1. The lowest BCUT2D eigenvalue weighted by Gasteiger charge is -2.24. The standard InChI is InChI=1S/C13H14N2O2/c16-11(17)7-9-5-2-6-10-12(8-3-1-4-8)14-15-13(9)10/h2,5-6,8H,1,3-4,7H2,(H,14,15)(H,16,17). The quantitative estimate of drug-likeness (QED) is 0.851. The molecule has 4 heteroatoms.